The summed E-state index contributed by atoms with van der Waals surface area (Å²) in [6.07, 6.45) is 6.33. The zero-order valence-electron chi connectivity index (χ0n) is 11.3. The van der Waals surface area contributed by atoms with E-state index in [-0.39, 0.29) is 5.28 Å². The van der Waals surface area contributed by atoms with Crippen molar-refractivity contribution in [2.45, 2.75) is 12.8 Å². The Bertz CT molecular complexity index is 337. The first-order valence-electron chi connectivity index (χ1n) is 6.13. The Hall–Kier alpha value is -0.400. The number of hydrogen-bond acceptors (Lipinski definition) is 7. The van der Waals surface area contributed by atoms with E-state index in [0.717, 1.165) is 37.4 Å². The molecule has 0 bridgehead atoms. The molecular weight excluding hydrogens is 302 g/mol. The number of anilines is 2. The summed E-state index contributed by atoms with van der Waals surface area (Å²) in [6.45, 7) is 1.68. The van der Waals surface area contributed by atoms with Gasteiger partial charge >= 0.3 is 0 Å². The fourth-order valence-electron chi connectivity index (χ4n) is 1.34. The third-order valence-electron chi connectivity index (χ3n) is 2.22. The number of halogens is 1. The molecule has 5 nitrogen and oxygen atoms in total. The average molecular weight is 322 g/mol. The summed E-state index contributed by atoms with van der Waals surface area (Å²) in [7, 11) is 0. The number of nitrogens with zero attached hydrogens (tertiary/aromatic N) is 3. The van der Waals surface area contributed by atoms with Crippen LogP contribution < -0.4 is 10.6 Å². The van der Waals surface area contributed by atoms with Crippen molar-refractivity contribution >= 4 is 47.0 Å². The quantitative estimate of drug-likeness (QED) is 0.642. The molecule has 0 atom stereocenters. The molecule has 0 aliphatic heterocycles. The first-order valence-corrected chi connectivity index (χ1v) is 9.30. The highest BCUT2D eigenvalue weighted by Gasteiger charge is 2.04. The molecule has 1 aromatic heterocycles. The Kier molecular flexibility index (Phi) is 9.11. The van der Waals surface area contributed by atoms with Crippen LogP contribution in [0.3, 0.4) is 0 Å². The van der Waals surface area contributed by atoms with Gasteiger partial charge in [0.2, 0.25) is 17.2 Å². The van der Waals surface area contributed by atoms with Crippen LogP contribution in [0.4, 0.5) is 11.9 Å². The minimum Gasteiger partial charge on any atom is -0.354 e. The Morgan fingerprint density at radius 2 is 1.37 bits per heavy atom. The average Bonchev–Trinajstić information content (AvgIpc) is 2.39. The molecule has 0 radical (unpaired) electrons. The summed E-state index contributed by atoms with van der Waals surface area (Å²) in [5.74, 6) is 3.30. The van der Waals surface area contributed by atoms with Crippen LogP contribution in [0.15, 0.2) is 0 Å². The van der Waals surface area contributed by atoms with Crippen LogP contribution in [-0.4, -0.2) is 52.1 Å². The van der Waals surface area contributed by atoms with Crippen LogP contribution in [0.1, 0.15) is 12.8 Å². The van der Waals surface area contributed by atoms with E-state index in [9.17, 15) is 0 Å². The van der Waals surface area contributed by atoms with Crippen molar-refractivity contribution < 1.29 is 0 Å². The van der Waals surface area contributed by atoms with E-state index in [0.29, 0.717) is 11.9 Å². The van der Waals surface area contributed by atoms with Gasteiger partial charge in [0.1, 0.15) is 0 Å². The Morgan fingerprint density at radius 3 is 1.79 bits per heavy atom. The van der Waals surface area contributed by atoms with Crippen LogP contribution in [0, 0.1) is 0 Å². The molecule has 19 heavy (non-hydrogen) atoms. The summed E-state index contributed by atoms with van der Waals surface area (Å²) in [4.78, 5) is 12.4. The Morgan fingerprint density at radius 1 is 0.895 bits per heavy atom. The van der Waals surface area contributed by atoms with Gasteiger partial charge in [-0.1, -0.05) is 0 Å². The molecule has 0 aromatic carbocycles. The molecule has 1 rings (SSSR count). The SMILES string of the molecule is CSCCCNc1nc(Cl)nc(NCCCSC)n1. The predicted molar refractivity (Wildman–Crippen MR) is 87.8 cm³/mol. The smallest absolute Gasteiger partial charge is 0.228 e. The topological polar surface area (TPSA) is 62.7 Å². The van der Waals surface area contributed by atoms with E-state index in [2.05, 4.69) is 38.1 Å². The lowest BCUT2D eigenvalue weighted by Gasteiger charge is -2.07. The molecule has 0 amide bonds. The number of thioether (sulfide) groups is 2. The summed E-state index contributed by atoms with van der Waals surface area (Å²) in [6, 6.07) is 0. The number of hydrogen-bond donors (Lipinski definition) is 2. The highest BCUT2D eigenvalue weighted by Crippen LogP contribution is 2.10. The largest absolute Gasteiger partial charge is 0.354 e. The first-order chi connectivity index (χ1) is 9.26. The molecule has 8 heteroatoms. The molecule has 0 saturated carbocycles. The van der Waals surface area contributed by atoms with Gasteiger partial charge in [0.15, 0.2) is 0 Å². The Labute approximate surface area is 128 Å². The number of rotatable bonds is 10. The second kappa shape index (κ2) is 10.4. The minimum absolute atomic E-state index is 0.217. The van der Waals surface area contributed by atoms with E-state index in [4.69, 9.17) is 11.6 Å². The molecular formula is C11H20ClN5S2. The van der Waals surface area contributed by atoms with Gasteiger partial charge in [-0.25, -0.2) is 0 Å². The van der Waals surface area contributed by atoms with E-state index >= 15 is 0 Å². The van der Waals surface area contributed by atoms with Crippen molar-refractivity contribution in [2.75, 3.05) is 47.7 Å². The molecule has 0 unspecified atom stereocenters. The lowest BCUT2D eigenvalue weighted by atomic mass is 10.5. The summed E-state index contributed by atoms with van der Waals surface area (Å²) < 4.78 is 0. The monoisotopic (exact) mass is 321 g/mol. The second-order valence-corrected chi connectivity index (χ2v) is 6.11. The van der Waals surface area contributed by atoms with E-state index in [1.807, 2.05) is 23.5 Å². The molecule has 2 N–H and O–H groups in total. The van der Waals surface area contributed by atoms with E-state index in [1.54, 1.807) is 0 Å². The maximum Gasteiger partial charge on any atom is 0.228 e. The highest BCUT2D eigenvalue weighted by molar-refractivity contribution is 7.98. The minimum atomic E-state index is 0.217. The zero-order chi connectivity index (χ0) is 13.9. The summed E-state index contributed by atoms with van der Waals surface area (Å²) >= 11 is 9.53. The maximum absolute atomic E-state index is 5.88. The summed E-state index contributed by atoms with van der Waals surface area (Å²) in [5.41, 5.74) is 0. The van der Waals surface area contributed by atoms with Crippen LogP contribution in [0.25, 0.3) is 0 Å². The third kappa shape index (κ3) is 7.69. The van der Waals surface area contributed by atoms with Gasteiger partial charge < -0.3 is 10.6 Å². The Balaban J connectivity index is 2.41. The van der Waals surface area contributed by atoms with Crippen LogP contribution in [0.2, 0.25) is 5.28 Å². The van der Waals surface area contributed by atoms with Crippen molar-refractivity contribution in [3.05, 3.63) is 5.28 Å². The van der Waals surface area contributed by atoms with Gasteiger partial charge in [0, 0.05) is 13.1 Å². The van der Waals surface area contributed by atoms with Crippen molar-refractivity contribution in [2.24, 2.45) is 0 Å². The lowest BCUT2D eigenvalue weighted by Crippen LogP contribution is -2.11. The second-order valence-electron chi connectivity index (χ2n) is 3.80. The fraction of sp³-hybridized carbons (Fsp3) is 0.727. The first kappa shape index (κ1) is 16.7. The zero-order valence-corrected chi connectivity index (χ0v) is 13.7. The molecule has 1 heterocycles. The van der Waals surface area contributed by atoms with Crippen LogP contribution >= 0.6 is 35.1 Å². The highest BCUT2D eigenvalue weighted by atomic mass is 35.5. The molecule has 0 spiro atoms. The van der Waals surface area contributed by atoms with Gasteiger partial charge in [0.25, 0.3) is 0 Å². The van der Waals surface area contributed by atoms with Gasteiger partial charge in [0.05, 0.1) is 0 Å². The van der Waals surface area contributed by atoms with Crippen LogP contribution in [-0.2, 0) is 0 Å². The van der Waals surface area contributed by atoms with Gasteiger partial charge in [-0.05, 0) is 48.5 Å². The number of nitrogens with one attached hydrogen (secondary N) is 2. The number of aromatic nitrogens is 3. The van der Waals surface area contributed by atoms with Gasteiger partial charge in [-0.3, -0.25) is 0 Å². The normalized spacial score (nSPS) is 10.5. The van der Waals surface area contributed by atoms with E-state index < -0.39 is 0 Å². The molecule has 0 fully saturated rings. The summed E-state index contributed by atoms with van der Waals surface area (Å²) in [5, 5.41) is 6.53. The van der Waals surface area contributed by atoms with Crippen molar-refractivity contribution in [3.63, 3.8) is 0 Å². The van der Waals surface area contributed by atoms with E-state index in [1.165, 1.54) is 0 Å². The van der Waals surface area contributed by atoms with Gasteiger partial charge in [-0.2, -0.15) is 38.5 Å². The molecule has 1 aromatic rings. The van der Waals surface area contributed by atoms with Gasteiger partial charge in [-0.15, -0.1) is 0 Å². The molecule has 0 aliphatic rings. The molecule has 0 saturated heterocycles. The molecule has 108 valence electrons. The predicted octanol–water partition coefficient (Wildman–Crippen LogP) is 2.86. The van der Waals surface area contributed by atoms with Crippen molar-refractivity contribution in [1.29, 1.82) is 0 Å². The third-order valence-corrected chi connectivity index (χ3v) is 3.79. The lowest BCUT2D eigenvalue weighted by molar-refractivity contribution is 0.924. The van der Waals surface area contributed by atoms with Crippen molar-refractivity contribution in [1.82, 2.24) is 15.0 Å². The van der Waals surface area contributed by atoms with Crippen LogP contribution in [0.5, 0.6) is 0 Å². The standard InChI is InChI=1S/C11H20ClN5S2/c1-18-7-3-5-13-10-15-9(12)16-11(17-10)14-6-4-8-19-2/h3-8H2,1-2H3,(H2,13,14,15,16,17). The maximum atomic E-state index is 5.88. The molecule has 0 aliphatic carbocycles. The fourth-order valence-corrected chi connectivity index (χ4v) is 2.37. The van der Waals surface area contributed by atoms with Crippen molar-refractivity contribution in [3.8, 4) is 0 Å².